The predicted molar refractivity (Wildman–Crippen MR) is 164 cm³/mol. The third-order valence-electron chi connectivity index (χ3n) is 8.22. The maximum atomic E-state index is 6.54. The molecule has 2 aliphatic carbocycles. The van der Waals surface area contributed by atoms with Crippen LogP contribution in [0.4, 0.5) is 17.2 Å². The van der Waals surface area contributed by atoms with E-state index in [4.69, 9.17) is 19.5 Å². The second-order valence-corrected chi connectivity index (χ2v) is 12.3. The molecule has 4 atom stereocenters. The second kappa shape index (κ2) is 9.67. The third kappa shape index (κ3) is 4.34. The van der Waals surface area contributed by atoms with Crippen LogP contribution < -0.4 is 9.64 Å². The minimum atomic E-state index is 0.138. The molecule has 41 heavy (non-hydrogen) atoms. The van der Waals surface area contributed by atoms with E-state index in [0.29, 0.717) is 11.8 Å². The number of para-hydroxylation sites is 1. The van der Waals surface area contributed by atoms with Crippen LogP contribution in [-0.4, -0.2) is 23.0 Å². The summed E-state index contributed by atoms with van der Waals surface area (Å²) < 4.78 is 13.0. The number of fused-ring (bicyclic) bond motifs is 5. The number of aromatic nitrogens is 1. The summed E-state index contributed by atoms with van der Waals surface area (Å²) >= 11 is 1.75. The van der Waals surface area contributed by atoms with E-state index in [0.717, 1.165) is 62.6 Å². The molecule has 1 saturated carbocycles. The lowest BCUT2D eigenvalue weighted by atomic mass is 9.90. The first kappa shape index (κ1) is 24.5. The molecule has 202 valence electrons. The lowest BCUT2D eigenvalue weighted by molar-refractivity contribution is 0.206. The zero-order valence-electron chi connectivity index (χ0n) is 22.9. The van der Waals surface area contributed by atoms with E-state index >= 15 is 0 Å². The molecule has 1 fully saturated rings. The molecule has 1 aromatic heterocycles. The number of hydrogen-bond acceptors (Lipinski definition) is 6. The van der Waals surface area contributed by atoms with Gasteiger partial charge in [0.15, 0.2) is 5.82 Å². The Morgan fingerprint density at radius 1 is 0.878 bits per heavy atom. The number of aryl methyl sites for hydroxylation is 2. The van der Waals surface area contributed by atoms with Crippen molar-refractivity contribution in [2.75, 3.05) is 4.90 Å². The minimum absolute atomic E-state index is 0.138. The van der Waals surface area contributed by atoms with E-state index < -0.39 is 0 Å². The molecule has 5 nitrogen and oxygen atoms in total. The fourth-order valence-electron chi connectivity index (χ4n) is 6.50. The Hall–Kier alpha value is -4.29. The van der Waals surface area contributed by atoms with Crippen molar-refractivity contribution in [2.45, 2.75) is 42.2 Å². The van der Waals surface area contributed by atoms with Crippen molar-refractivity contribution in [2.24, 2.45) is 16.8 Å². The van der Waals surface area contributed by atoms with Gasteiger partial charge in [0.1, 0.15) is 17.6 Å². The smallest absolute Gasteiger partial charge is 0.217 e. The number of rotatable bonds is 4. The van der Waals surface area contributed by atoms with Crippen LogP contribution in [0.5, 0.6) is 11.5 Å². The van der Waals surface area contributed by atoms with E-state index in [2.05, 4.69) is 104 Å². The molecule has 4 aromatic rings. The topological polar surface area (TPSA) is 47.0 Å². The fourth-order valence-corrected chi connectivity index (χ4v) is 7.53. The van der Waals surface area contributed by atoms with Crippen molar-refractivity contribution < 1.29 is 9.47 Å². The van der Waals surface area contributed by atoms with Crippen molar-refractivity contribution in [1.82, 2.24) is 4.98 Å². The molecule has 0 saturated heterocycles. The molecular formula is C35H29N3O2S. The zero-order chi connectivity index (χ0) is 27.5. The summed E-state index contributed by atoms with van der Waals surface area (Å²) in [5.74, 6) is 4.15. The predicted octanol–water partition coefficient (Wildman–Crippen LogP) is 8.70. The molecule has 2 unspecified atom stereocenters. The number of hydrogen-bond donors (Lipinski definition) is 0. The summed E-state index contributed by atoms with van der Waals surface area (Å²) in [5, 5.41) is 0. The molecule has 4 aliphatic rings. The Bertz CT molecular complexity index is 1730. The SMILES string of the molecule is Cc1cc(Oc2cc(C)cc(N3c4ccccc4Sc4cccnc43)c2)cc(C2=N[C@@H]3C4C=CC=CC4C[C@@H]3O2)c1. The molecular weight excluding hydrogens is 526 g/mol. The van der Waals surface area contributed by atoms with E-state index in [-0.39, 0.29) is 12.1 Å². The minimum Gasteiger partial charge on any atom is -0.472 e. The number of anilines is 3. The first-order valence-corrected chi connectivity index (χ1v) is 14.9. The highest BCUT2D eigenvalue weighted by molar-refractivity contribution is 7.99. The Balaban J connectivity index is 1.12. The number of pyridine rings is 1. The number of aliphatic imine (C=N–C) groups is 1. The van der Waals surface area contributed by atoms with Gasteiger partial charge in [-0.3, -0.25) is 4.90 Å². The lowest BCUT2D eigenvalue weighted by Crippen LogP contribution is -2.20. The summed E-state index contributed by atoms with van der Waals surface area (Å²) in [5.41, 5.74) is 5.31. The molecule has 6 heteroatoms. The maximum Gasteiger partial charge on any atom is 0.217 e. The monoisotopic (exact) mass is 555 g/mol. The Kier molecular flexibility index (Phi) is 5.78. The van der Waals surface area contributed by atoms with Gasteiger partial charge in [0.25, 0.3) is 0 Å². The highest BCUT2D eigenvalue weighted by atomic mass is 32.2. The number of ether oxygens (including phenoxy) is 2. The first-order chi connectivity index (χ1) is 20.1. The van der Waals surface area contributed by atoms with E-state index in [1.54, 1.807) is 11.8 Å². The van der Waals surface area contributed by atoms with Gasteiger partial charge in [0.05, 0.1) is 22.3 Å². The van der Waals surface area contributed by atoms with Gasteiger partial charge < -0.3 is 9.47 Å². The summed E-state index contributed by atoms with van der Waals surface area (Å²) in [6, 6.07) is 25.4. The molecule has 0 bridgehead atoms. The van der Waals surface area contributed by atoms with Gasteiger partial charge in [-0.05, 0) is 91.9 Å². The van der Waals surface area contributed by atoms with Crippen LogP contribution in [-0.2, 0) is 4.74 Å². The van der Waals surface area contributed by atoms with Gasteiger partial charge in [0.2, 0.25) is 5.90 Å². The van der Waals surface area contributed by atoms with E-state index in [9.17, 15) is 0 Å². The van der Waals surface area contributed by atoms with Crippen LogP contribution in [0.25, 0.3) is 0 Å². The first-order valence-electron chi connectivity index (χ1n) is 14.1. The Labute approximate surface area is 244 Å². The van der Waals surface area contributed by atoms with E-state index in [1.807, 2.05) is 18.3 Å². The van der Waals surface area contributed by atoms with E-state index in [1.165, 1.54) is 4.90 Å². The van der Waals surface area contributed by atoms with Gasteiger partial charge in [-0.1, -0.05) is 48.2 Å². The molecule has 0 amide bonds. The number of allylic oxidation sites excluding steroid dienone is 3. The van der Waals surface area contributed by atoms with Crippen molar-refractivity contribution >= 4 is 34.9 Å². The molecule has 2 aliphatic heterocycles. The van der Waals surface area contributed by atoms with Gasteiger partial charge >= 0.3 is 0 Å². The average Bonchev–Trinajstić information content (AvgIpc) is 3.54. The summed E-state index contributed by atoms with van der Waals surface area (Å²) in [6.07, 6.45) is 11.9. The molecule has 0 spiro atoms. The highest BCUT2D eigenvalue weighted by Crippen LogP contribution is 2.51. The van der Waals surface area contributed by atoms with Crippen LogP contribution in [0.1, 0.15) is 23.1 Å². The zero-order valence-corrected chi connectivity index (χ0v) is 23.7. The molecule has 3 aromatic carbocycles. The van der Waals surface area contributed by atoms with Crippen molar-refractivity contribution in [3.8, 4) is 11.5 Å². The van der Waals surface area contributed by atoms with Crippen molar-refractivity contribution in [1.29, 1.82) is 0 Å². The summed E-state index contributed by atoms with van der Waals surface area (Å²) in [4.78, 5) is 14.4. The Morgan fingerprint density at radius 2 is 1.68 bits per heavy atom. The van der Waals surface area contributed by atoms with Gasteiger partial charge in [0, 0.05) is 28.6 Å². The Morgan fingerprint density at radius 3 is 2.61 bits per heavy atom. The number of benzene rings is 3. The van der Waals surface area contributed by atoms with Crippen LogP contribution in [0.2, 0.25) is 0 Å². The summed E-state index contributed by atoms with van der Waals surface area (Å²) in [7, 11) is 0. The van der Waals surface area contributed by atoms with Crippen LogP contribution in [0.15, 0.2) is 118 Å². The van der Waals surface area contributed by atoms with Gasteiger partial charge in [-0.15, -0.1) is 0 Å². The van der Waals surface area contributed by atoms with Crippen molar-refractivity contribution in [3.63, 3.8) is 0 Å². The lowest BCUT2D eigenvalue weighted by Gasteiger charge is -2.32. The fraction of sp³-hybridized carbons (Fsp3) is 0.200. The maximum absolute atomic E-state index is 6.54. The standard InChI is InChI=1S/C35H29N3O2S/c1-21-14-24(35-37-33-28-9-4-3-8-23(28)19-30(33)40-35)18-26(16-21)39-27-17-22(2)15-25(20-27)38-29-10-5-6-11-31(29)41-32-12-7-13-36-34(32)38/h3-18,20,23,28,30,33H,19H2,1-2H3/t23?,28?,30-,33+/m0/s1. The van der Waals surface area contributed by atoms with Crippen LogP contribution >= 0.6 is 11.8 Å². The van der Waals surface area contributed by atoms with Gasteiger partial charge in [-0.25, -0.2) is 9.98 Å². The third-order valence-corrected chi connectivity index (χ3v) is 9.33. The van der Waals surface area contributed by atoms with Gasteiger partial charge in [-0.2, -0.15) is 0 Å². The molecule has 0 N–H and O–H groups in total. The largest absolute Gasteiger partial charge is 0.472 e. The molecule has 8 rings (SSSR count). The van der Waals surface area contributed by atoms with Crippen LogP contribution in [0, 0.1) is 25.7 Å². The summed E-state index contributed by atoms with van der Waals surface area (Å²) in [6.45, 7) is 4.19. The quantitative estimate of drug-likeness (QED) is 0.222. The normalized spacial score (nSPS) is 23.3. The average molecular weight is 556 g/mol. The molecule has 3 heterocycles. The van der Waals surface area contributed by atoms with Crippen molar-refractivity contribution in [3.05, 3.63) is 120 Å². The molecule has 0 radical (unpaired) electrons. The second-order valence-electron chi connectivity index (χ2n) is 11.2. The van der Waals surface area contributed by atoms with Crippen LogP contribution in [0.3, 0.4) is 0 Å². The number of nitrogens with zero attached hydrogens (tertiary/aromatic N) is 3. The highest BCUT2D eigenvalue weighted by Gasteiger charge is 2.47.